The van der Waals surface area contributed by atoms with Gasteiger partial charge in [-0.25, -0.2) is 23.1 Å². The van der Waals surface area contributed by atoms with Crippen molar-refractivity contribution >= 4 is 17.3 Å². The molecule has 1 aromatic carbocycles. The SMILES string of the molecule is COCCCNc1cc(Nc2ccc(F)c(F)c2F)nc(C)n1. The first kappa shape index (κ1) is 17.0. The second kappa shape index (κ2) is 7.77. The number of nitrogens with zero attached hydrogens (tertiary/aromatic N) is 2. The smallest absolute Gasteiger partial charge is 0.196 e. The summed E-state index contributed by atoms with van der Waals surface area (Å²) in [5.41, 5.74) is -0.202. The first-order valence-corrected chi connectivity index (χ1v) is 7.00. The third-order valence-electron chi connectivity index (χ3n) is 2.97. The number of nitrogens with one attached hydrogen (secondary N) is 2. The number of hydrogen-bond acceptors (Lipinski definition) is 5. The molecule has 0 spiro atoms. The summed E-state index contributed by atoms with van der Waals surface area (Å²) in [5, 5.41) is 5.71. The molecule has 23 heavy (non-hydrogen) atoms. The molecule has 5 nitrogen and oxygen atoms in total. The van der Waals surface area contributed by atoms with Gasteiger partial charge < -0.3 is 15.4 Å². The molecule has 2 N–H and O–H groups in total. The van der Waals surface area contributed by atoms with Gasteiger partial charge in [0.2, 0.25) is 0 Å². The van der Waals surface area contributed by atoms with Gasteiger partial charge in [-0.05, 0) is 25.5 Å². The predicted octanol–water partition coefficient (Wildman–Crippen LogP) is 3.39. The third kappa shape index (κ3) is 4.56. The van der Waals surface area contributed by atoms with Crippen LogP contribution < -0.4 is 10.6 Å². The third-order valence-corrected chi connectivity index (χ3v) is 2.97. The van der Waals surface area contributed by atoms with Gasteiger partial charge in [-0.2, -0.15) is 0 Å². The number of benzene rings is 1. The molecule has 1 aromatic heterocycles. The number of rotatable bonds is 7. The number of halogens is 3. The lowest BCUT2D eigenvalue weighted by Gasteiger charge is -2.11. The summed E-state index contributed by atoms with van der Waals surface area (Å²) in [6.07, 6.45) is 0.792. The zero-order chi connectivity index (χ0) is 16.8. The van der Waals surface area contributed by atoms with E-state index in [9.17, 15) is 13.2 Å². The molecular formula is C15H17F3N4O. The van der Waals surface area contributed by atoms with Gasteiger partial charge in [-0.3, -0.25) is 0 Å². The van der Waals surface area contributed by atoms with Crippen molar-refractivity contribution in [2.45, 2.75) is 13.3 Å². The molecule has 124 valence electrons. The maximum atomic E-state index is 13.7. The summed E-state index contributed by atoms with van der Waals surface area (Å²) in [6.45, 7) is 2.93. The lowest BCUT2D eigenvalue weighted by molar-refractivity contribution is 0.198. The average Bonchev–Trinajstić information content (AvgIpc) is 2.52. The molecule has 2 aromatic rings. The molecular weight excluding hydrogens is 309 g/mol. The lowest BCUT2D eigenvalue weighted by atomic mass is 10.2. The van der Waals surface area contributed by atoms with E-state index in [4.69, 9.17) is 4.74 Å². The van der Waals surface area contributed by atoms with Crippen LogP contribution in [0.3, 0.4) is 0 Å². The molecule has 0 bridgehead atoms. The molecule has 2 rings (SSSR count). The lowest BCUT2D eigenvalue weighted by Crippen LogP contribution is -2.08. The molecule has 0 amide bonds. The largest absolute Gasteiger partial charge is 0.385 e. The average molecular weight is 326 g/mol. The Morgan fingerprint density at radius 1 is 1.09 bits per heavy atom. The van der Waals surface area contributed by atoms with E-state index in [2.05, 4.69) is 20.6 Å². The fourth-order valence-corrected chi connectivity index (χ4v) is 1.92. The monoisotopic (exact) mass is 326 g/mol. The van der Waals surface area contributed by atoms with Gasteiger partial charge in [0, 0.05) is 26.3 Å². The summed E-state index contributed by atoms with van der Waals surface area (Å²) in [4.78, 5) is 8.29. The van der Waals surface area contributed by atoms with Crippen LogP contribution in [0.2, 0.25) is 0 Å². The topological polar surface area (TPSA) is 59.1 Å². The molecule has 0 saturated carbocycles. The van der Waals surface area contributed by atoms with E-state index in [1.807, 2.05) is 0 Å². The van der Waals surface area contributed by atoms with Crippen LogP contribution in [0.1, 0.15) is 12.2 Å². The summed E-state index contributed by atoms with van der Waals surface area (Å²) >= 11 is 0. The van der Waals surface area contributed by atoms with Crippen molar-refractivity contribution in [3.8, 4) is 0 Å². The van der Waals surface area contributed by atoms with Gasteiger partial charge in [0.05, 0.1) is 5.69 Å². The Morgan fingerprint density at radius 3 is 2.57 bits per heavy atom. The van der Waals surface area contributed by atoms with Crippen LogP contribution in [-0.2, 0) is 4.74 Å². The van der Waals surface area contributed by atoms with Crippen molar-refractivity contribution < 1.29 is 17.9 Å². The molecule has 0 fully saturated rings. The van der Waals surface area contributed by atoms with Crippen LogP contribution in [0.4, 0.5) is 30.5 Å². The Bertz CT molecular complexity index is 682. The number of hydrogen-bond donors (Lipinski definition) is 2. The summed E-state index contributed by atoms with van der Waals surface area (Å²) in [5.74, 6) is -2.80. The van der Waals surface area contributed by atoms with Crippen LogP contribution >= 0.6 is 0 Å². The number of methoxy groups -OCH3 is 1. The first-order chi connectivity index (χ1) is 11.0. The standard InChI is InChI=1S/C15H17F3N4O/c1-9-20-12(19-6-3-7-23-2)8-13(21-9)22-11-5-4-10(16)14(17)15(11)18/h4-5,8H,3,6-7H2,1-2H3,(H2,19,20,21,22). The Kier molecular flexibility index (Phi) is 5.75. The van der Waals surface area contributed by atoms with E-state index in [0.29, 0.717) is 24.8 Å². The quantitative estimate of drug-likeness (QED) is 0.603. The molecule has 1 heterocycles. The molecule has 0 aliphatic rings. The predicted molar refractivity (Wildman–Crippen MR) is 81.4 cm³/mol. The Labute approximate surface area is 131 Å². The van der Waals surface area contributed by atoms with Crippen LogP contribution in [-0.4, -0.2) is 30.2 Å². The molecule has 0 atom stereocenters. The van der Waals surface area contributed by atoms with Crippen molar-refractivity contribution in [1.82, 2.24) is 9.97 Å². The zero-order valence-electron chi connectivity index (χ0n) is 12.8. The number of aromatic nitrogens is 2. The van der Waals surface area contributed by atoms with Gasteiger partial charge in [0.25, 0.3) is 0 Å². The summed E-state index contributed by atoms with van der Waals surface area (Å²) in [6, 6.07) is 3.51. The van der Waals surface area contributed by atoms with Gasteiger partial charge in [0.15, 0.2) is 17.5 Å². The fourth-order valence-electron chi connectivity index (χ4n) is 1.92. The zero-order valence-corrected chi connectivity index (χ0v) is 12.8. The highest BCUT2D eigenvalue weighted by atomic mass is 19.2. The maximum absolute atomic E-state index is 13.7. The number of aryl methyl sites for hydroxylation is 1. The van der Waals surface area contributed by atoms with Gasteiger partial charge >= 0.3 is 0 Å². The van der Waals surface area contributed by atoms with Gasteiger partial charge in [-0.15, -0.1) is 0 Å². The summed E-state index contributed by atoms with van der Waals surface area (Å²) < 4.78 is 44.8. The second-order valence-electron chi connectivity index (χ2n) is 4.81. The van der Waals surface area contributed by atoms with Gasteiger partial charge in [0.1, 0.15) is 17.5 Å². The van der Waals surface area contributed by atoms with E-state index in [0.717, 1.165) is 18.6 Å². The minimum absolute atomic E-state index is 0.202. The number of anilines is 3. The van der Waals surface area contributed by atoms with E-state index in [-0.39, 0.29) is 11.5 Å². The summed E-state index contributed by atoms with van der Waals surface area (Å²) in [7, 11) is 1.62. The Hall–Kier alpha value is -2.35. The highest BCUT2D eigenvalue weighted by molar-refractivity contribution is 5.60. The normalized spacial score (nSPS) is 10.7. The van der Waals surface area contributed by atoms with Crippen LogP contribution in [0.25, 0.3) is 0 Å². The molecule has 0 aliphatic heterocycles. The van der Waals surface area contributed by atoms with Crippen LogP contribution in [0.5, 0.6) is 0 Å². The van der Waals surface area contributed by atoms with Crippen molar-refractivity contribution in [2.24, 2.45) is 0 Å². The maximum Gasteiger partial charge on any atom is 0.196 e. The first-order valence-electron chi connectivity index (χ1n) is 7.00. The van der Waals surface area contributed by atoms with Crippen LogP contribution in [0.15, 0.2) is 18.2 Å². The van der Waals surface area contributed by atoms with Gasteiger partial charge in [-0.1, -0.05) is 0 Å². The molecule has 8 heteroatoms. The Morgan fingerprint density at radius 2 is 1.83 bits per heavy atom. The van der Waals surface area contributed by atoms with Crippen molar-refractivity contribution in [3.63, 3.8) is 0 Å². The highest BCUT2D eigenvalue weighted by Crippen LogP contribution is 2.23. The number of ether oxygens (including phenoxy) is 1. The minimum Gasteiger partial charge on any atom is -0.385 e. The van der Waals surface area contributed by atoms with E-state index in [1.165, 1.54) is 0 Å². The Balaban J connectivity index is 2.14. The van der Waals surface area contributed by atoms with Crippen molar-refractivity contribution in [1.29, 1.82) is 0 Å². The molecule has 0 radical (unpaired) electrons. The highest BCUT2D eigenvalue weighted by Gasteiger charge is 2.14. The fraction of sp³-hybridized carbons (Fsp3) is 0.333. The minimum atomic E-state index is -1.53. The molecule has 0 aliphatic carbocycles. The van der Waals surface area contributed by atoms with Crippen molar-refractivity contribution in [3.05, 3.63) is 41.5 Å². The molecule has 0 unspecified atom stereocenters. The van der Waals surface area contributed by atoms with Crippen LogP contribution in [0, 0.1) is 24.4 Å². The van der Waals surface area contributed by atoms with E-state index in [1.54, 1.807) is 20.1 Å². The van der Waals surface area contributed by atoms with E-state index >= 15 is 0 Å². The second-order valence-corrected chi connectivity index (χ2v) is 4.81. The van der Waals surface area contributed by atoms with E-state index < -0.39 is 17.5 Å². The van der Waals surface area contributed by atoms with Crippen molar-refractivity contribution in [2.75, 3.05) is 30.9 Å². The molecule has 0 saturated heterocycles.